The fraction of sp³-hybridized carbons (Fsp3) is 0.562. The van der Waals surface area contributed by atoms with E-state index in [-0.39, 0.29) is 6.03 Å². The van der Waals surface area contributed by atoms with E-state index in [1.165, 1.54) is 0 Å². The number of urea groups is 1. The molecule has 5 nitrogen and oxygen atoms in total. The highest BCUT2D eigenvalue weighted by Gasteiger charge is 2.13. The molecule has 0 atom stereocenters. The molecule has 0 aliphatic carbocycles. The molecule has 1 heterocycles. The van der Waals surface area contributed by atoms with Crippen LogP contribution >= 0.6 is 11.6 Å². The Labute approximate surface area is 137 Å². The van der Waals surface area contributed by atoms with Crippen molar-refractivity contribution < 1.29 is 9.53 Å². The zero-order chi connectivity index (χ0) is 15.9. The SMILES string of the molecule is CC(C)CNC(=O)Nc1ccc(CN2CCOCC2)c(Cl)c1. The monoisotopic (exact) mass is 325 g/mol. The molecular weight excluding hydrogens is 302 g/mol. The fourth-order valence-corrected chi connectivity index (χ4v) is 2.47. The molecule has 1 saturated heterocycles. The minimum absolute atomic E-state index is 0.203. The third kappa shape index (κ3) is 5.48. The summed E-state index contributed by atoms with van der Waals surface area (Å²) in [7, 11) is 0. The van der Waals surface area contributed by atoms with Crippen molar-refractivity contribution in [2.75, 3.05) is 38.2 Å². The predicted molar refractivity (Wildman–Crippen MR) is 89.4 cm³/mol. The van der Waals surface area contributed by atoms with E-state index in [4.69, 9.17) is 16.3 Å². The van der Waals surface area contributed by atoms with Crippen molar-refractivity contribution in [3.63, 3.8) is 0 Å². The quantitative estimate of drug-likeness (QED) is 0.875. The number of hydrogen-bond donors (Lipinski definition) is 2. The van der Waals surface area contributed by atoms with Crippen LogP contribution in [0.2, 0.25) is 5.02 Å². The van der Waals surface area contributed by atoms with E-state index in [1.54, 1.807) is 6.07 Å². The molecule has 1 fully saturated rings. The smallest absolute Gasteiger partial charge is 0.319 e. The van der Waals surface area contributed by atoms with Crippen LogP contribution in [0.15, 0.2) is 18.2 Å². The maximum atomic E-state index is 11.7. The first-order valence-electron chi connectivity index (χ1n) is 7.68. The van der Waals surface area contributed by atoms with Crippen molar-refractivity contribution in [1.82, 2.24) is 10.2 Å². The Bertz CT molecular complexity index is 502. The summed E-state index contributed by atoms with van der Waals surface area (Å²) in [6.45, 7) is 8.95. The second kappa shape index (κ2) is 8.36. The Hall–Kier alpha value is -1.30. The molecule has 0 bridgehead atoms. The van der Waals surface area contributed by atoms with E-state index in [9.17, 15) is 4.79 Å². The van der Waals surface area contributed by atoms with Gasteiger partial charge in [0.05, 0.1) is 13.2 Å². The molecule has 2 rings (SSSR count). The minimum atomic E-state index is -0.203. The summed E-state index contributed by atoms with van der Waals surface area (Å²) < 4.78 is 5.34. The van der Waals surface area contributed by atoms with Crippen molar-refractivity contribution >= 4 is 23.3 Å². The summed E-state index contributed by atoms with van der Waals surface area (Å²) in [5.41, 5.74) is 1.77. The number of nitrogens with zero attached hydrogens (tertiary/aromatic N) is 1. The molecule has 0 unspecified atom stereocenters. The second-order valence-electron chi connectivity index (χ2n) is 5.92. The van der Waals surface area contributed by atoms with Gasteiger partial charge < -0.3 is 15.4 Å². The number of amides is 2. The summed E-state index contributed by atoms with van der Waals surface area (Å²) in [5, 5.41) is 6.29. The first-order chi connectivity index (χ1) is 10.5. The van der Waals surface area contributed by atoms with Crippen LogP contribution in [-0.2, 0) is 11.3 Å². The van der Waals surface area contributed by atoms with Crippen LogP contribution in [0.25, 0.3) is 0 Å². The van der Waals surface area contributed by atoms with E-state index in [2.05, 4.69) is 29.4 Å². The van der Waals surface area contributed by atoms with Gasteiger partial charge in [-0.2, -0.15) is 0 Å². The van der Waals surface area contributed by atoms with Gasteiger partial charge in [-0.1, -0.05) is 31.5 Å². The normalized spacial score (nSPS) is 15.8. The van der Waals surface area contributed by atoms with Gasteiger partial charge in [-0.05, 0) is 23.6 Å². The van der Waals surface area contributed by atoms with Crippen molar-refractivity contribution in [2.45, 2.75) is 20.4 Å². The number of carbonyl (C=O) groups is 1. The Morgan fingerprint density at radius 2 is 2.09 bits per heavy atom. The molecule has 0 aromatic heterocycles. The lowest BCUT2D eigenvalue weighted by Crippen LogP contribution is -2.35. The van der Waals surface area contributed by atoms with Crippen LogP contribution in [0.4, 0.5) is 10.5 Å². The number of hydrogen-bond acceptors (Lipinski definition) is 3. The van der Waals surface area contributed by atoms with Crippen molar-refractivity contribution in [3.05, 3.63) is 28.8 Å². The first kappa shape index (κ1) is 17.1. The zero-order valence-corrected chi connectivity index (χ0v) is 13.9. The molecule has 1 aliphatic heterocycles. The van der Waals surface area contributed by atoms with Gasteiger partial charge in [-0.25, -0.2) is 4.79 Å². The maximum Gasteiger partial charge on any atom is 0.319 e. The van der Waals surface area contributed by atoms with Gasteiger partial charge in [0.15, 0.2) is 0 Å². The molecule has 2 amide bonds. The third-order valence-corrected chi connectivity index (χ3v) is 3.83. The average molecular weight is 326 g/mol. The summed E-state index contributed by atoms with van der Waals surface area (Å²) in [5.74, 6) is 0.422. The summed E-state index contributed by atoms with van der Waals surface area (Å²) in [4.78, 5) is 14.1. The lowest BCUT2D eigenvalue weighted by molar-refractivity contribution is 0.0342. The van der Waals surface area contributed by atoms with Crippen LogP contribution in [0.1, 0.15) is 19.4 Å². The number of halogens is 1. The number of anilines is 1. The van der Waals surface area contributed by atoms with E-state index < -0.39 is 0 Å². The second-order valence-corrected chi connectivity index (χ2v) is 6.33. The highest BCUT2D eigenvalue weighted by atomic mass is 35.5. The molecule has 22 heavy (non-hydrogen) atoms. The molecule has 0 saturated carbocycles. The molecule has 6 heteroatoms. The largest absolute Gasteiger partial charge is 0.379 e. The molecule has 122 valence electrons. The number of ether oxygens (including phenoxy) is 1. The highest BCUT2D eigenvalue weighted by molar-refractivity contribution is 6.31. The van der Waals surface area contributed by atoms with Crippen molar-refractivity contribution in [1.29, 1.82) is 0 Å². The van der Waals surface area contributed by atoms with Gasteiger partial charge in [0.2, 0.25) is 0 Å². The Morgan fingerprint density at radius 3 is 2.73 bits per heavy atom. The highest BCUT2D eigenvalue weighted by Crippen LogP contribution is 2.22. The zero-order valence-electron chi connectivity index (χ0n) is 13.2. The van der Waals surface area contributed by atoms with Crippen LogP contribution in [0, 0.1) is 5.92 Å². The Kier molecular flexibility index (Phi) is 6.49. The van der Waals surface area contributed by atoms with Gasteiger partial charge >= 0.3 is 6.03 Å². The topological polar surface area (TPSA) is 53.6 Å². The molecule has 1 aromatic carbocycles. The van der Waals surface area contributed by atoms with E-state index >= 15 is 0 Å². The summed E-state index contributed by atoms with van der Waals surface area (Å²) >= 11 is 6.33. The lowest BCUT2D eigenvalue weighted by Gasteiger charge is -2.27. The number of nitrogens with one attached hydrogen (secondary N) is 2. The number of rotatable bonds is 5. The lowest BCUT2D eigenvalue weighted by atomic mass is 10.2. The van der Waals surface area contributed by atoms with Crippen molar-refractivity contribution in [2.24, 2.45) is 5.92 Å². The van der Waals surface area contributed by atoms with Crippen LogP contribution in [-0.4, -0.2) is 43.8 Å². The predicted octanol–water partition coefficient (Wildman–Crippen LogP) is 2.95. The van der Waals surface area contributed by atoms with Gasteiger partial charge in [-0.3, -0.25) is 4.90 Å². The van der Waals surface area contributed by atoms with E-state index in [0.29, 0.717) is 23.2 Å². The summed E-state index contributed by atoms with van der Waals surface area (Å²) in [6, 6.07) is 5.45. The number of benzene rings is 1. The number of morpholine rings is 1. The molecule has 0 radical (unpaired) electrons. The van der Waals surface area contributed by atoms with Gasteiger partial charge in [-0.15, -0.1) is 0 Å². The maximum absolute atomic E-state index is 11.7. The van der Waals surface area contributed by atoms with Crippen LogP contribution in [0.3, 0.4) is 0 Å². The fourth-order valence-electron chi connectivity index (χ4n) is 2.23. The minimum Gasteiger partial charge on any atom is -0.379 e. The van der Waals surface area contributed by atoms with Gasteiger partial charge in [0.25, 0.3) is 0 Å². The molecule has 1 aromatic rings. The third-order valence-electron chi connectivity index (χ3n) is 3.48. The Morgan fingerprint density at radius 1 is 1.36 bits per heavy atom. The standard InChI is InChI=1S/C16H24ClN3O2/c1-12(2)10-18-16(21)19-14-4-3-13(15(17)9-14)11-20-5-7-22-8-6-20/h3-4,9,12H,5-8,10-11H2,1-2H3,(H2,18,19,21). The summed E-state index contributed by atoms with van der Waals surface area (Å²) in [6.07, 6.45) is 0. The van der Waals surface area contributed by atoms with Crippen LogP contribution in [0.5, 0.6) is 0 Å². The van der Waals surface area contributed by atoms with E-state index in [1.807, 2.05) is 12.1 Å². The molecule has 1 aliphatic rings. The molecule has 2 N–H and O–H groups in total. The van der Waals surface area contributed by atoms with Gasteiger partial charge in [0.1, 0.15) is 0 Å². The van der Waals surface area contributed by atoms with Crippen molar-refractivity contribution in [3.8, 4) is 0 Å². The molecule has 0 spiro atoms. The first-order valence-corrected chi connectivity index (χ1v) is 8.06. The van der Waals surface area contributed by atoms with Crippen LogP contribution < -0.4 is 10.6 Å². The van der Waals surface area contributed by atoms with Gasteiger partial charge in [0, 0.05) is 36.9 Å². The Balaban J connectivity index is 1.89. The molecular formula is C16H24ClN3O2. The van der Waals surface area contributed by atoms with E-state index in [0.717, 1.165) is 38.4 Å². The number of carbonyl (C=O) groups excluding carboxylic acids is 1. The average Bonchev–Trinajstić information content (AvgIpc) is 2.49.